The topological polar surface area (TPSA) is 17.8 Å². The fourth-order valence-electron chi connectivity index (χ4n) is 2.47. The Kier molecular flexibility index (Phi) is 7.09. The molecule has 0 fully saturated rings. The molecule has 0 aliphatic heterocycles. The van der Waals surface area contributed by atoms with E-state index in [1.807, 2.05) is 0 Å². The number of hydrogen-bond acceptors (Lipinski definition) is 1. The minimum atomic E-state index is 0.267. The van der Waals surface area contributed by atoms with Crippen molar-refractivity contribution >= 4 is 31.9 Å². The Labute approximate surface area is 134 Å². The first-order valence-corrected chi connectivity index (χ1v) is 9.36. The molecular weight excluding hydrogens is 368 g/mol. The van der Waals surface area contributed by atoms with Gasteiger partial charge < -0.3 is 0 Å². The third-order valence-corrected chi connectivity index (χ3v) is 6.05. The highest BCUT2D eigenvalue weighted by Crippen LogP contribution is 2.34. The molecule has 1 aromatic heterocycles. The van der Waals surface area contributed by atoms with E-state index in [0.29, 0.717) is 12.0 Å². The van der Waals surface area contributed by atoms with Crippen LogP contribution in [-0.2, 0) is 6.42 Å². The lowest BCUT2D eigenvalue weighted by atomic mass is 9.80. The van der Waals surface area contributed by atoms with E-state index in [4.69, 9.17) is 5.10 Å². The molecule has 0 N–H and O–H groups in total. The van der Waals surface area contributed by atoms with E-state index < -0.39 is 0 Å². The predicted octanol–water partition coefficient (Wildman–Crippen LogP) is 5.22. The fourth-order valence-corrected chi connectivity index (χ4v) is 4.25. The van der Waals surface area contributed by atoms with Crippen LogP contribution in [-0.4, -0.2) is 20.4 Å². The van der Waals surface area contributed by atoms with Gasteiger partial charge in [-0.25, -0.2) is 0 Å². The highest BCUT2D eigenvalue weighted by Gasteiger charge is 2.30. The molecule has 1 rings (SSSR count). The molecule has 0 amide bonds. The van der Waals surface area contributed by atoms with Crippen LogP contribution >= 0.6 is 31.9 Å². The van der Waals surface area contributed by atoms with Crippen molar-refractivity contribution < 1.29 is 0 Å². The maximum atomic E-state index is 4.74. The Morgan fingerprint density at radius 2 is 1.89 bits per heavy atom. The highest BCUT2D eigenvalue weighted by atomic mass is 79.9. The Hall–Kier alpha value is 0.170. The third-order valence-electron chi connectivity index (χ3n) is 3.67. The summed E-state index contributed by atoms with van der Waals surface area (Å²) >= 11 is 7.41. The Balaban J connectivity index is 2.82. The van der Waals surface area contributed by atoms with Crippen LogP contribution in [0.3, 0.4) is 0 Å². The van der Waals surface area contributed by atoms with E-state index in [0.717, 1.165) is 23.5 Å². The van der Waals surface area contributed by atoms with Crippen LogP contribution in [0.2, 0.25) is 0 Å². The lowest BCUT2D eigenvalue weighted by molar-refractivity contribution is 0.300. The van der Waals surface area contributed by atoms with Gasteiger partial charge in [-0.3, -0.25) is 4.68 Å². The van der Waals surface area contributed by atoms with Gasteiger partial charge >= 0.3 is 0 Å². The first kappa shape index (κ1) is 17.2. The average Bonchev–Trinajstić information content (AvgIpc) is 2.84. The van der Waals surface area contributed by atoms with Crippen LogP contribution in [0.1, 0.15) is 52.3 Å². The molecule has 0 aliphatic carbocycles. The molecular formula is C15H26Br2N2. The molecule has 1 atom stereocenters. The first-order chi connectivity index (χ1) is 8.96. The number of nitrogens with zero attached hydrogens (tertiary/aromatic N) is 2. The largest absolute Gasteiger partial charge is 0.270 e. The van der Waals surface area contributed by atoms with Gasteiger partial charge in [0.15, 0.2) is 0 Å². The van der Waals surface area contributed by atoms with Crippen molar-refractivity contribution in [1.29, 1.82) is 0 Å². The number of halogens is 2. The summed E-state index contributed by atoms with van der Waals surface area (Å²) < 4.78 is 2.10. The summed E-state index contributed by atoms with van der Waals surface area (Å²) in [6, 6.07) is 2.66. The molecule has 0 aliphatic rings. The molecule has 0 radical (unpaired) electrons. The van der Waals surface area contributed by atoms with Crippen molar-refractivity contribution in [3.63, 3.8) is 0 Å². The molecule has 19 heavy (non-hydrogen) atoms. The summed E-state index contributed by atoms with van der Waals surface area (Å²) in [6.45, 7) is 8.99. The molecule has 2 nitrogen and oxygen atoms in total. The zero-order chi connectivity index (χ0) is 14.5. The van der Waals surface area contributed by atoms with Crippen molar-refractivity contribution in [2.75, 3.05) is 10.7 Å². The monoisotopic (exact) mass is 392 g/mol. The van der Waals surface area contributed by atoms with E-state index in [1.54, 1.807) is 0 Å². The molecule has 1 unspecified atom stereocenters. The van der Waals surface area contributed by atoms with Crippen molar-refractivity contribution in [2.24, 2.45) is 11.3 Å². The first-order valence-electron chi connectivity index (χ1n) is 7.12. The molecule has 0 bridgehead atoms. The Morgan fingerprint density at radius 1 is 1.26 bits per heavy atom. The van der Waals surface area contributed by atoms with E-state index in [2.05, 4.69) is 76.5 Å². The molecule has 1 heterocycles. The molecule has 110 valence electrons. The lowest BCUT2D eigenvalue weighted by Gasteiger charge is -2.31. The van der Waals surface area contributed by atoms with Gasteiger partial charge in [-0.1, -0.05) is 52.6 Å². The van der Waals surface area contributed by atoms with Crippen LogP contribution < -0.4 is 0 Å². The second kappa shape index (κ2) is 7.82. The second-order valence-electron chi connectivity index (χ2n) is 6.09. The number of aromatic nitrogens is 2. The Morgan fingerprint density at radius 3 is 2.37 bits per heavy atom. The zero-order valence-electron chi connectivity index (χ0n) is 12.5. The van der Waals surface area contributed by atoms with Crippen molar-refractivity contribution in [3.05, 3.63) is 18.0 Å². The molecule has 0 saturated carbocycles. The maximum absolute atomic E-state index is 4.74. The number of rotatable bonds is 8. The van der Waals surface area contributed by atoms with Crippen molar-refractivity contribution in [1.82, 2.24) is 9.78 Å². The predicted molar refractivity (Wildman–Crippen MR) is 90.4 cm³/mol. The van der Waals surface area contributed by atoms with Gasteiger partial charge in [0.1, 0.15) is 0 Å². The summed E-state index contributed by atoms with van der Waals surface area (Å²) in [5, 5.41) is 6.77. The molecule has 0 spiro atoms. The SMILES string of the molecule is CCC(C)n1ccc(CC(CBr)(CBr)CC(C)C)n1. The van der Waals surface area contributed by atoms with E-state index in [1.165, 1.54) is 12.1 Å². The molecule has 0 saturated heterocycles. The Bertz CT molecular complexity index is 370. The third kappa shape index (κ3) is 4.89. The summed E-state index contributed by atoms with van der Waals surface area (Å²) in [6.07, 6.45) is 5.48. The summed E-state index contributed by atoms with van der Waals surface area (Å²) in [5.74, 6) is 0.701. The van der Waals surface area contributed by atoms with Gasteiger partial charge in [0.05, 0.1) is 5.69 Å². The van der Waals surface area contributed by atoms with Gasteiger partial charge in [-0.15, -0.1) is 0 Å². The number of hydrogen-bond donors (Lipinski definition) is 0. The smallest absolute Gasteiger partial charge is 0.0630 e. The average molecular weight is 394 g/mol. The lowest BCUT2D eigenvalue weighted by Crippen LogP contribution is -2.30. The normalized spacial score (nSPS) is 14.1. The van der Waals surface area contributed by atoms with Gasteiger partial charge in [0, 0.05) is 22.9 Å². The summed E-state index contributed by atoms with van der Waals surface area (Å²) in [7, 11) is 0. The van der Waals surface area contributed by atoms with Crippen molar-refractivity contribution in [3.8, 4) is 0 Å². The van der Waals surface area contributed by atoms with E-state index in [9.17, 15) is 0 Å². The minimum Gasteiger partial charge on any atom is -0.270 e. The fraction of sp³-hybridized carbons (Fsp3) is 0.800. The number of alkyl halides is 2. The minimum absolute atomic E-state index is 0.267. The maximum Gasteiger partial charge on any atom is 0.0630 e. The van der Waals surface area contributed by atoms with Crippen LogP contribution in [0.5, 0.6) is 0 Å². The second-order valence-corrected chi connectivity index (χ2v) is 7.21. The summed E-state index contributed by atoms with van der Waals surface area (Å²) in [4.78, 5) is 0. The molecule has 4 heteroatoms. The molecule has 0 aromatic carbocycles. The summed E-state index contributed by atoms with van der Waals surface area (Å²) in [5.41, 5.74) is 1.47. The zero-order valence-corrected chi connectivity index (χ0v) is 15.7. The van der Waals surface area contributed by atoms with Crippen LogP contribution in [0, 0.1) is 11.3 Å². The van der Waals surface area contributed by atoms with Crippen molar-refractivity contribution in [2.45, 2.75) is 53.0 Å². The van der Waals surface area contributed by atoms with Gasteiger partial charge in [-0.05, 0) is 43.6 Å². The highest BCUT2D eigenvalue weighted by molar-refractivity contribution is 9.09. The van der Waals surface area contributed by atoms with E-state index in [-0.39, 0.29) is 5.41 Å². The van der Waals surface area contributed by atoms with Crippen LogP contribution in [0.15, 0.2) is 12.3 Å². The van der Waals surface area contributed by atoms with Gasteiger partial charge in [-0.2, -0.15) is 5.10 Å². The van der Waals surface area contributed by atoms with Crippen LogP contribution in [0.25, 0.3) is 0 Å². The van der Waals surface area contributed by atoms with Gasteiger partial charge in [0.2, 0.25) is 0 Å². The van der Waals surface area contributed by atoms with Gasteiger partial charge in [0.25, 0.3) is 0 Å². The standard InChI is InChI=1S/C15H26Br2N2/c1-5-13(4)19-7-6-14(18-19)9-15(10-16,11-17)8-12(2)3/h6-7,12-13H,5,8-11H2,1-4H3. The van der Waals surface area contributed by atoms with Crippen LogP contribution in [0.4, 0.5) is 0 Å². The van der Waals surface area contributed by atoms with E-state index >= 15 is 0 Å². The molecule has 1 aromatic rings. The quantitative estimate of drug-likeness (QED) is 0.553.